The largest absolute Gasteiger partial charge is 0.480 e. The summed E-state index contributed by atoms with van der Waals surface area (Å²) < 4.78 is 0. The molecule has 1 aliphatic heterocycles. The van der Waals surface area contributed by atoms with Crippen molar-refractivity contribution in [3.05, 3.63) is 36.0 Å². The third kappa shape index (κ3) is 7.79. The lowest BCUT2D eigenvalue weighted by molar-refractivity contribution is -0.149. The van der Waals surface area contributed by atoms with Crippen molar-refractivity contribution >= 4 is 40.5 Å². The number of fused-ring (bicyclic) bond motifs is 1. The lowest BCUT2D eigenvalue weighted by atomic mass is 10.0. The van der Waals surface area contributed by atoms with Crippen molar-refractivity contribution in [2.75, 3.05) is 6.54 Å². The Labute approximate surface area is 226 Å². The number of H-pyrrole nitrogens is 1. The number of carboxylic acids is 1. The van der Waals surface area contributed by atoms with Crippen molar-refractivity contribution in [2.45, 2.75) is 76.5 Å². The van der Waals surface area contributed by atoms with Gasteiger partial charge in [0.1, 0.15) is 18.1 Å². The number of carbonyl (C=O) groups is 5. The summed E-state index contributed by atoms with van der Waals surface area (Å²) in [4.78, 5) is 67.4. The zero-order chi connectivity index (χ0) is 28.7. The minimum atomic E-state index is -1.20. The van der Waals surface area contributed by atoms with Crippen molar-refractivity contribution in [3.63, 3.8) is 0 Å². The van der Waals surface area contributed by atoms with Crippen LogP contribution >= 0.6 is 0 Å². The van der Waals surface area contributed by atoms with E-state index in [1.54, 1.807) is 6.20 Å². The van der Waals surface area contributed by atoms with E-state index in [-0.39, 0.29) is 31.7 Å². The average molecular weight is 543 g/mol. The molecule has 12 heteroatoms. The number of nitrogens with one attached hydrogen (secondary N) is 3. The first-order chi connectivity index (χ1) is 18.5. The first-order valence-electron chi connectivity index (χ1n) is 13.2. The van der Waals surface area contributed by atoms with Gasteiger partial charge in [-0.3, -0.25) is 19.2 Å². The summed E-state index contributed by atoms with van der Waals surface area (Å²) in [6, 6.07) is 3.37. The van der Waals surface area contributed by atoms with Crippen molar-refractivity contribution in [1.82, 2.24) is 20.5 Å². The van der Waals surface area contributed by atoms with Crippen molar-refractivity contribution < 1.29 is 29.1 Å². The highest BCUT2D eigenvalue weighted by atomic mass is 16.4. The van der Waals surface area contributed by atoms with E-state index < -0.39 is 53.8 Å². The lowest BCUT2D eigenvalue weighted by Gasteiger charge is -2.29. The highest BCUT2D eigenvalue weighted by molar-refractivity contribution is 5.95. The van der Waals surface area contributed by atoms with Gasteiger partial charge in [0, 0.05) is 36.5 Å². The number of carbonyl (C=O) groups excluding carboxylic acids is 4. The molecule has 1 saturated heterocycles. The number of aliphatic carboxylic acids is 1. The van der Waals surface area contributed by atoms with Crippen LogP contribution in [-0.4, -0.2) is 75.3 Å². The molecule has 3 rings (SSSR count). The zero-order valence-electron chi connectivity index (χ0n) is 22.3. The number of aromatic amines is 1. The third-order valence-electron chi connectivity index (χ3n) is 6.91. The number of carboxylic acid groups (broad SMARTS) is 1. The topological polar surface area (TPSA) is 201 Å². The van der Waals surface area contributed by atoms with Crippen LogP contribution in [0.15, 0.2) is 30.5 Å². The number of hydrogen-bond donors (Lipinski definition) is 6. The monoisotopic (exact) mass is 542 g/mol. The van der Waals surface area contributed by atoms with E-state index in [1.807, 2.05) is 38.1 Å². The van der Waals surface area contributed by atoms with E-state index >= 15 is 0 Å². The zero-order valence-corrected chi connectivity index (χ0v) is 22.3. The Morgan fingerprint density at radius 2 is 1.79 bits per heavy atom. The molecule has 0 saturated carbocycles. The number of para-hydroxylation sites is 1. The molecule has 0 spiro atoms. The molecule has 2 heterocycles. The molecule has 4 amide bonds. The minimum absolute atomic E-state index is 0.105. The van der Waals surface area contributed by atoms with Crippen LogP contribution in [0.5, 0.6) is 0 Å². The van der Waals surface area contributed by atoms with Gasteiger partial charge in [-0.2, -0.15) is 0 Å². The molecule has 4 atom stereocenters. The van der Waals surface area contributed by atoms with E-state index in [2.05, 4.69) is 15.6 Å². The summed E-state index contributed by atoms with van der Waals surface area (Å²) in [5.74, 6) is -3.41. The van der Waals surface area contributed by atoms with Crippen LogP contribution in [0, 0.1) is 5.92 Å². The SMILES string of the molecule is CC(C)CC(N)C(=O)NC(Cc1c[nH]c2ccccc12)C(=O)NC(CCC(N)=O)C(=O)N1CCCC1C(=O)O. The molecule has 1 aromatic heterocycles. The van der Waals surface area contributed by atoms with Gasteiger partial charge >= 0.3 is 5.97 Å². The number of primary amides is 1. The number of nitrogens with zero attached hydrogens (tertiary/aromatic N) is 1. The Hall–Kier alpha value is -3.93. The Morgan fingerprint density at radius 1 is 1.10 bits per heavy atom. The van der Waals surface area contributed by atoms with Crippen molar-refractivity contribution in [1.29, 1.82) is 0 Å². The van der Waals surface area contributed by atoms with Crippen LogP contribution in [0.2, 0.25) is 0 Å². The van der Waals surface area contributed by atoms with Gasteiger partial charge in [-0.05, 0) is 43.2 Å². The number of amides is 4. The maximum atomic E-state index is 13.6. The van der Waals surface area contributed by atoms with E-state index in [9.17, 15) is 29.1 Å². The van der Waals surface area contributed by atoms with Crippen LogP contribution in [0.1, 0.15) is 51.5 Å². The summed E-state index contributed by atoms with van der Waals surface area (Å²) >= 11 is 0. The number of nitrogens with two attached hydrogens (primary N) is 2. The van der Waals surface area contributed by atoms with Crippen molar-refractivity contribution in [2.24, 2.45) is 17.4 Å². The summed E-state index contributed by atoms with van der Waals surface area (Å²) in [6.45, 7) is 4.08. The summed E-state index contributed by atoms with van der Waals surface area (Å²) in [5, 5.41) is 15.8. The number of likely N-dealkylation sites (tertiary alicyclic amines) is 1. The maximum Gasteiger partial charge on any atom is 0.326 e. The van der Waals surface area contributed by atoms with E-state index in [1.165, 1.54) is 4.90 Å². The molecule has 1 aliphatic rings. The van der Waals surface area contributed by atoms with Gasteiger partial charge in [0.05, 0.1) is 6.04 Å². The molecule has 39 heavy (non-hydrogen) atoms. The Morgan fingerprint density at radius 3 is 2.46 bits per heavy atom. The second kappa shape index (κ2) is 13.2. The van der Waals surface area contributed by atoms with Crippen LogP contribution in [0.4, 0.5) is 0 Å². The van der Waals surface area contributed by atoms with Crippen LogP contribution in [0.25, 0.3) is 10.9 Å². The predicted octanol–water partition coefficient (Wildman–Crippen LogP) is 0.395. The fourth-order valence-electron chi connectivity index (χ4n) is 4.93. The lowest BCUT2D eigenvalue weighted by Crippen LogP contribution is -2.57. The molecule has 4 unspecified atom stereocenters. The normalized spacial score (nSPS) is 17.5. The van der Waals surface area contributed by atoms with Gasteiger partial charge in [-0.25, -0.2) is 4.79 Å². The van der Waals surface area contributed by atoms with Crippen LogP contribution in [-0.2, 0) is 30.4 Å². The smallest absolute Gasteiger partial charge is 0.326 e. The molecule has 1 aromatic carbocycles. The fraction of sp³-hybridized carbons (Fsp3) is 0.519. The van der Waals surface area contributed by atoms with Gasteiger partial charge in [0.15, 0.2) is 0 Å². The number of hydrogen-bond acceptors (Lipinski definition) is 6. The molecule has 0 aliphatic carbocycles. The van der Waals surface area contributed by atoms with Crippen molar-refractivity contribution in [3.8, 4) is 0 Å². The Kier molecular flexibility index (Phi) is 10.0. The molecule has 2 aromatic rings. The third-order valence-corrected chi connectivity index (χ3v) is 6.91. The minimum Gasteiger partial charge on any atom is -0.480 e. The highest BCUT2D eigenvalue weighted by Crippen LogP contribution is 2.21. The molecule has 1 fully saturated rings. The molecular weight excluding hydrogens is 504 g/mol. The molecular formula is C27H38N6O6. The number of aromatic nitrogens is 1. The van der Waals surface area contributed by atoms with E-state index in [0.29, 0.717) is 19.3 Å². The summed E-state index contributed by atoms with van der Waals surface area (Å²) in [7, 11) is 0. The quantitative estimate of drug-likeness (QED) is 0.210. The van der Waals surface area contributed by atoms with Gasteiger partial charge in [0.2, 0.25) is 23.6 Å². The Bertz CT molecular complexity index is 1210. The fourth-order valence-corrected chi connectivity index (χ4v) is 4.93. The first-order valence-corrected chi connectivity index (χ1v) is 13.2. The van der Waals surface area contributed by atoms with E-state index in [4.69, 9.17) is 11.5 Å². The van der Waals surface area contributed by atoms with Gasteiger partial charge in [-0.1, -0.05) is 32.0 Å². The highest BCUT2D eigenvalue weighted by Gasteiger charge is 2.38. The second-order valence-electron chi connectivity index (χ2n) is 10.5. The van der Waals surface area contributed by atoms with Gasteiger partial charge in [0.25, 0.3) is 0 Å². The van der Waals surface area contributed by atoms with Gasteiger partial charge < -0.3 is 37.1 Å². The number of benzene rings is 1. The molecule has 0 bridgehead atoms. The molecule has 8 N–H and O–H groups in total. The molecule has 0 radical (unpaired) electrons. The van der Waals surface area contributed by atoms with Crippen LogP contribution in [0.3, 0.4) is 0 Å². The van der Waals surface area contributed by atoms with Gasteiger partial charge in [-0.15, -0.1) is 0 Å². The molecule has 212 valence electrons. The van der Waals surface area contributed by atoms with E-state index in [0.717, 1.165) is 16.5 Å². The summed E-state index contributed by atoms with van der Waals surface area (Å²) in [6.07, 6.45) is 2.77. The summed E-state index contributed by atoms with van der Waals surface area (Å²) in [5.41, 5.74) is 13.0. The Balaban J connectivity index is 1.86. The average Bonchev–Trinajstić information content (AvgIpc) is 3.53. The molecule has 12 nitrogen and oxygen atoms in total. The maximum absolute atomic E-state index is 13.6. The number of rotatable bonds is 13. The standard InChI is InChI=1S/C27H38N6O6/c1-15(2)12-18(28)24(35)32-21(13-16-14-30-19-7-4-3-6-17(16)19)25(36)31-20(9-10-23(29)34)26(37)33-11-5-8-22(33)27(38)39/h3-4,6-7,14-15,18,20-22,30H,5,8-13,28H2,1-2H3,(H2,29,34)(H,31,36)(H,32,35)(H,38,39). The predicted molar refractivity (Wildman–Crippen MR) is 144 cm³/mol. The first kappa shape index (κ1) is 29.6. The second-order valence-corrected chi connectivity index (χ2v) is 10.5. The van der Waals surface area contributed by atoms with Crippen LogP contribution < -0.4 is 22.1 Å².